The molecule has 0 aliphatic carbocycles. The van der Waals surface area contributed by atoms with Crippen molar-refractivity contribution in [2.75, 3.05) is 27.2 Å². The number of likely N-dealkylation sites (N-methyl/N-ethyl adjacent to an activating group) is 1. The zero-order valence-corrected chi connectivity index (χ0v) is 8.40. The Kier molecular flexibility index (Phi) is 3.89. The topological polar surface area (TPSA) is 49.1 Å². The molecule has 0 saturated heterocycles. The second-order valence-electron chi connectivity index (χ2n) is 3.12. The van der Waals surface area contributed by atoms with Crippen LogP contribution in [-0.2, 0) is 0 Å². The van der Waals surface area contributed by atoms with Gasteiger partial charge in [0.2, 0.25) is 5.88 Å². The van der Waals surface area contributed by atoms with Crippen LogP contribution in [0.2, 0.25) is 0 Å². The third-order valence-electron chi connectivity index (χ3n) is 1.63. The average molecular weight is 191 g/mol. The monoisotopic (exact) mass is 191 g/mol. The Morgan fingerprint density at radius 1 is 1.50 bits per heavy atom. The summed E-state index contributed by atoms with van der Waals surface area (Å²) in [7, 11) is 3.95. The van der Waals surface area contributed by atoms with Gasteiger partial charge in [0.05, 0.1) is 0 Å². The van der Waals surface area contributed by atoms with E-state index >= 15 is 0 Å². The van der Waals surface area contributed by atoms with Crippen LogP contribution in [0.3, 0.4) is 0 Å². The molecule has 0 fully saturated rings. The predicted molar refractivity (Wildman–Crippen MR) is 53.0 cm³/mol. The Balaban J connectivity index is 2.47. The van der Waals surface area contributed by atoms with Gasteiger partial charge in [-0.25, -0.2) is 4.98 Å². The molecule has 4 heteroatoms. The largest absolute Gasteiger partial charge is 0.476 e. The van der Waals surface area contributed by atoms with Crippen molar-refractivity contribution in [3.05, 3.63) is 23.9 Å². The zero-order chi connectivity index (χ0) is 10.4. The minimum atomic E-state index is 0.382. The van der Waals surface area contributed by atoms with Crippen LogP contribution in [0.25, 0.3) is 0 Å². The highest BCUT2D eigenvalue weighted by Gasteiger charge is 1.97. The lowest BCUT2D eigenvalue weighted by Crippen LogP contribution is -2.19. The molecule has 1 aromatic heterocycles. The molecule has 0 unspecified atom stereocenters. The summed E-state index contributed by atoms with van der Waals surface area (Å²) >= 11 is 0. The Labute approximate surface area is 83.7 Å². The van der Waals surface area contributed by atoms with E-state index in [0.29, 0.717) is 18.2 Å². The lowest BCUT2D eigenvalue weighted by Gasteiger charge is -2.09. The fourth-order valence-corrected chi connectivity index (χ4v) is 0.890. The van der Waals surface area contributed by atoms with E-state index in [-0.39, 0.29) is 0 Å². The quantitative estimate of drug-likeness (QED) is 0.709. The fraction of sp³-hybridized carbons (Fsp3) is 0.400. The summed E-state index contributed by atoms with van der Waals surface area (Å²) in [6.07, 6.45) is 0. The SMILES string of the molecule is CN(C)CCOc1cccc(C#N)n1. The van der Waals surface area contributed by atoms with Crippen molar-refractivity contribution in [3.63, 3.8) is 0 Å². The van der Waals surface area contributed by atoms with Crippen molar-refractivity contribution < 1.29 is 4.74 Å². The van der Waals surface area contributed by atoms with Gasteiger partial charge in [0.15, 0.2) is 0 Å². The van der Waals surface area contributed by atoms with Gasteiger partial charge in [-0.3, -0.25) is 0 Å². The van der Waals surface area contributed by atoms with E-state index in [9.17, 15) is 0 Å². The Hall–Kier alpha value is -1.60. The van der Waals surface area contributed by atoms with E-state index < -0.39 is 0 Å². The molecule has 14 heavy (non-hydrogen) atoms. The van der Waals surface area contributed by atoms with Gasteiger partial charge in [-0.15, -0.1) is 0 Å². The second-order valence-corrected chi connectivity index (χ2v) is 3.12. The van der Waals surface area contributed by atoms with E-state index in [1.807, 2.05) is 25.1 Å². The molecule has 74 valence electrons. The van der Waals surface area contributed by atoms with Gasteiger partial charge < -0.3 is 9.64 Å². The molecule has 0 spiro atoms. The maximum Gasteiger partial charge on any atom is 0.214 e. The molecule has 0 radical (unpaired) electrons. The van der Waals surface area contributed by atoms with Gasteiger partial charge in [-0.05, 0) is 20.2 Å². The number of nitriles is 1. The third-order valence-corrected chi connectivity index (χ3v) is 1.63. The van der Waals surface area contributed by atoms with Crippen molar-refractivity contribution in [1.82, 2.24) is 9.88 Å². The maximum atomic E-state index is 8.60. The van der Waals surface area contributed by atoms with Crippen molar-refractivity contribution in [2.24, 2.45) is 0 Å². The molecule has 4 nitrogen and oxygen atoms in total. The standard InChI is InChI=1S/C10H13N3O/c1-13(2)6-7-14-10-5-3-4-9(8-11)12-10/h3-5H,6-7H2,1-2H3. The minimum Gasteiger partial charge on any atom is -0.476 e. The normalized spacial score (nSPS) is 9.86. The second kappa shape index (κ2) is 5.20. The summed E-state index contributed by atoms with van der Waals surface area (Å²) in [5.41, 5.74) is 0.382. The molecule has 0 atom stereocenters. The highest BCUT2D eigenvalue weighted by molar-refractivity contribution is 5.24. The van der Waals surface area contributed by atoms with E-state index in [2.05, 4.69) is 4.98 Å². The molecule has 0 N–H and O–H groups in total. The van der Waals surface area contributed by atoms with Crippen LogP contribution in [-0.4, -0.2) is 37.1 Å². The van der Waals surface area contributed by atoms with E-state index in [1.54, 1.807) is 18.2 Å². The number of aromatic nitrogens is 1. The molecule has 0 saturated carbocycles. The number of ether oxygens (including phenoxy) is 1. The summed E-state index contributed by atoms with van der Waals surface area (Å²) < 4.78 is 5.36. The van der Waals surface area contributed by atoms with Gasteiger partial charge in [-0.2, -0.15) is 5.26 Å². The molecular weight excluding hydrogens is 178 g/mol. The van der Waals surface area contributed by atoms with Crippen LogP contribution in [0.1, 0.15) is 5.69 Å². The van der Waals surface area contributed by atoms with Gasteiger partial charge >= 0.3 is 0 Å². The molecule has 0 amide bonds. The van der Waals surface area contributed by atoms with Crippen LogP contribution < -0.4 is 4.74 Å². The predicted octanol–water partition coefficient (Wildman–Crippen LogP) is 0.894. The maximum absolute atomic E-state index is 8.60. The Bertz CT molecular complexity index is 330. The average Bonchev–Trinajstić information content (AvgIpc) is 2.18. The molecule has 1 rings (SSSR count). The van der Waals surface area contributed by atoms with Crippen molar-refractivity contribution >= 4 is 0 Å². The third kappa shape index (κ3) is 3.42. The minimum absolute atomic E-state index is 0.382. The molecule has 1 heterocycles. The van der Waals surface area contributed by atoms with Gasteiger partial charge in [0, 0.05) is 12.6 Å². The molecule has 1 aromatic rings. The molecule has 0 aromatic carbocycles. The van der Waals surface area contributed by atoms with E-state index in [4.69, 9.17) is 10.00 Å². The smallest absolute Gasteiger partial charge is 0.214 e. The number of hydrogen-bond acceptors (Lipinski definition) is 4. The molecule has 0 aliphatic heterocycles. The molecular formula is C10H13N3O. The van der Waals surface area contributed by atoms with Crippen molar-refractivity contribution in [2.45, 2.75) is 0 Å². The van der Waals surface area contributed by atoms with Crippen LogP contribution >= 0.6 is 0 Å². The highest BCUT2D eigenvalue weighted by Crippen LogP contribution is 2.06. The Morgan fingerprint density at radius 2 is 2.29 bits per heavy atom. The van der Waals surface area contributed by atoms with Crippen LogP contribution in [0.15, 0.2) is 18.2 Å². The zero-order valence-electron chi connectivity index (χ0n) is 8.40. The van der Waals surface area contributed by atoms with Gasteiger partial charge in [-0.1, -0.05) is 6.07 Å². The summed E-state index contributed by atoms with van der Waals surface area (Å²) in [6.45, 7) is 1.41. The van der Waals surface area contributed by atoms with Crippen LogP contribution in [0, 0.1) is 11.3 Å². The number of pyridine rings is 1. The first-order valence-corrected chi connectivity index (χ1v) is 4.37. The van der Waals surface area contributed by atoms with E-state index in [1.165, 1.54) is 0 Å². The van der Waals surface area contributed by atoms with Gasteiger partial charge in [0.1, 0.15) is 18.4 Å². The van der Waals surface area contributed by atoms with Gasteiger partial charge in [0.25, 0.3) is 0 Å². The van der Waals surface area contributed by atoms with Crippen LogP contribution in [0.4, 0.5) is 0 Å². The first-order valence-electron chi connectivity index (χ1n) is 4.37. The number of hydrogen-bond donors (Lipinski definition) is 0. The number of rotatable bonds is 4. The van der Waals surface area contributed by atoms with Crippen molar-refractivity contribution in [3.8, 4) is 11.9 Å². The number of nitrogens with zero attached hydrogens (tertiary/aromatic N) is 3. The highest BCUT2D eigenvalue weighted by atomic mass is 16.5. The van der Waals surface area contributed by atoms with Crippen LogP contribution in [0.5, 0.6) is 5.88 Å². The first kappa shape index (κ1) is 10.5. The van der Waals surface area contributed by atoms with E-state index in [0.717, 1.165) is 6.54 Å². The summed E-state index contributed by atoms with van der Waals surface area (Å²) in [5.74, 6) is 0.505. The first-order chi connectivity index (χ1) is 6.72. The summed E-state index contributed by atoms with van der Waals surface area (Å²) in [6, 6.07) is 7.12. The fourth-order valence-electron chi connectivity index (χ4n) is 0.890. The lowest BCUT2D eigenvalue weighted by molar-refractivity contribution is 0.254. The molecule has 0 aliphatic rings. The summed E-state index contributed by atoms with van der Waals surface area (Å²) in [4.78, 5) is 6.01. The molecule has 0 bridgehead atoms. The van der Waals surface area contributed by atoms with Crippen molar-refractivity contribution in [1.29, 1.82) is 5.26 Å². The summed E-state index contributed by atoms with van der Waals surface area (Å²) in [5, 5.41) is 8.60. The lowest BCUT2D eigenvalue weighted by atomic mass is 10.4. The Morgan fingerprint density at radius 3 is 2.93 bits per heavy atom.